The number of nitrogens with zero attached hydrogens (tertiary/aromatic N) is 4. The maximum Gasteiger partial charge on any atom is 0.0727 e. The normalized spacial score (nSPS) is 16.1. The fourth-order valence-corrected chi connectivity index (χ4v) is 3.19. The van der Waals surface area contributed by atoms with Crippen LogP contribution in [0.25, 0.3) is 0 Å². The van der Waals surface area contributed by atoms with Crippen LogP contribution in [0.15, 0.2) is 36.9 Å². The summed E-state index contributed by atoms with van der Waals surface area (Å²) >= 11 is 0. The van der Waals surface area contributed by atoms with Crippen LogP contribution in [0.1, 0.15) is 49.1 Å². The van der Waals surface area contributed by atoms with Crippen LogP contribution in [0, 0.1) is 6.92 Å². The highest BCUT2D eigenvalue weighted by Gasteiger charge is 2.21. The Balaban J connectivity index is 1.74. The van der Waals surface area contributed by atoms with E-state index in [1.165, 1.54) is 37.7 Å². The van der Waals surface area contributed by atoms with Gasteiger partial charge in [-0.1, -0.05) is 19.3 Å². The Bertz CT molecular complexity index is 561. The van der Waals surface area contributed by atoms with E-state index in [4.69, 9.17) is 0 Å². The van der Waals surface area contributed by atoms with Crippen molar-refractivity contribution in [1.82, 2.24) is 19.9 Å². The number of aryl methyl sites for hydroxylation is 1. The number of hydrogen-bond donors (Lipinski definition) is 0. The summed E-state index contributed by atoms with van der Waals surface area (Å²) in [7, 11) is 0. The van der Waals surface area contributed by atoms with Crippen molar-refractivity contribution in [2.24, 2.45) is 0 Å². The Labute approximate surface area is 132 Å². The molecule has 0 N–H and O–H groups in total. The molecule has 2 heterocycles. The number of pyridine rings is 1. The van der Waals surface area contributed by atoms with Crippen LogP contribution in [-0.4, -0.2) is 25.9 Å². The lowest BCUT2D eigenvalue weighted by Crippen LogP contribution is -2.36. The zero-order chi connectivity index (χ0) is 15.2. The molecule has 0 saturated heterocycles. The van der Waals surface area contributed by atoms with E-state index >= 15 is 0 Å². The molecule has 22 heavy (non-hydrogen) atoms. The Kier molecular flexibility index (Phi) is 5.11. The van der Waals surface area contributed by atoms with Gasteiger partial charge < -0.3 is 0 Å². The molecule has 2 aromatic heterocycles. The molecule has 0 amide bonds. The fraction of sp³-hybridized carbons (Fsp3) is 0.500. The Morgan fingerprint density at radius 2 is 1.77 bits per heavy atom. The zero-order valence-electron chi connectivity index (χ0n) is 13.3. The molecule has 3 rings (SSSR count). The zero-order valence-corrected chi connectivity index (χ0v) is 13.3. The Morgan fingerprint density at radius 3 is 2.45 bits per heavy atom. The highest BCUT2D eigenvalue weighted by molar-refractivity contribution is 5.10. The lowest BCUT2D eigenvalue weighted by molar-refractivity contribution is 0.138. The summed E-state index contributed by atoms with van der Waals surface area (Å²) in [5, 5.41) is 0. The van der Waals surface area contributed by atoms with Crippen LogP contribution in [0.5, 0.6) is 0 Å². The first-order chi connectivity index (χ1) is 10.8. The maximum absolute atomic E-state index is 4.54. The Hall–Kier alpha value is -1.81. The van der Waals surface area contributed by atoms with E-state index in [1.807, 2.05) is 31.7 Å². The van der Waals surface area contributed by atoms with Gasteiger partial charge in [-0.2, -0.15) is 0 Å². The molecular weight excluding hydrogens is 272 g/mol. The van der Waals surface area contributed by atoms with Gasteiger partial charge >= 0.3 is 0 Å². The van der Waals surface area contributed by atoms with Crippen molar-refractivity contribution < 1.29 is 0 Å². The van der Waals surface area contributed by atoms with Gasteiger partial charge in [0.1, 0.15) is 0 Å². The van der Waals surface area contributed by atoms with Crippen LogP contribution in [0.3, 0.4) is 0 Å². The van der Waals surface area contributed by atoms with Crippen molar-refractivity contribution in [2.45, 2.75) is 58.2 Å². The van der Waals surface area contributed by atoms with Crippen molar-refractivity contribution in [3.05, 3.63) is 53.9 Å². The van der Waals surface area contributed by atoms with Crippen molar-refractivity contribution in [2.75, 3.05) is 0 Å². The van der Waals surface area contributed by atoms with Crippen LogP contribution in [0.4, 0.5) is 0 Å². The van der Waals surface area contributed by atoms with Gasteiger partial charge in [-0.15, -0.1) is 0 Å². The second-order valence-electron chi connectivity index (χ2n) is 6.20. The van der Waals surface area contributed by atoms with Gasteiger partial charge in [0.2, 0.25) is 0 Å². The summed E-state index contributed by atoms with van der Waals surface area (Å²) in [5.41, 5.74) is 3.35. The minimum absolute atomic E-state index is 0.657. The molecular formula is C18H24N4. The summed E-state index contributed by atoms with van der Waals surface area (Å²) in [6, 6.07) is 4.87. The predicted octanol–water partition coefficient (Wildman–Crippen LogP) is 3.51. The molecule has 0 atom stereocenters. The lowest BCUT2D eigenvalue weighted by atomic mass is 9.93. The second-order valence-corrected chi connectivity index (χ2v) is 6.20. The third-order valence-electron chi connectivity index (χ3n) is 4.43. The average Bonchev–Trinajstić information content (AvgIpc) is 2.58. The second kappa shape index (κ2) is 7.45. The number of aromatic nitrogens is 3. The summed E-state index contributed by atoms with van der Waals surface area (Å²) in [4.78, 5) is 15.6. The molecule has 0 bridgehead atoms. The summed E-state index contributed by atoms with van der Waals surface area (Å²) in [6.45, 7) is 3.82. The lowest BCUT2D eigenvalue weighted by Gasteiger charge is -2.34. The molecule has 1 aliphatic rings. The summed E-state index contributed by atoms with van der Waals surface area (Å²) < 4.78 is 0. The van der Waals surface area contributed by atoms with Crippen LogP contribution < -0.4 is 0 Å². The molecule has 1 saturated carbocycles. The van der Waals surface area contributed by atoms with Crippen molar-refractivity contribution in [3.8, 4) is 0 Å². The van der Waals surface area contributed by atoms with Gasteiger partial charge in [-0.3, -0.25) is 19.9 Å². The fourth-order valence-electron chi connectivity index (χ4n) is 3.19. The number of rotatable bonds is 5. The van der Waals surface area contributed by atoms with E-state index in [1.54, 1.807) is 0 Å². The molecule has 2 aromatic rings. The van der Waals surface area contributed by atoms with Crippen molar-refractivity contribution in [3.63, 3.8) is 0 Å². The van der Waals surface area contributed by atoms with Crippen LogP contribution in [-0.2, 0) is 13.1 Å². The molecule has 0 aromatic carbocycles. The molecule has 1 aliphatic carbocycles. The highest BCUT2D eigenvalue weighted by Crippen LogP contribution is 2.25. The standard InChI is InChI=1S/C18H24N4/c1-15-11-21-17(12-20-15)14-22(18-5-3-2-4-6-18)13-16-7-9-19-10-8-16/h7-12,18H,2-6,13-14H2,1H3. The molecule has 4 heteroatoms. The van der Waals surface area contributed by atoms with Gasteiger partial charge in [0.25, 0.3) is 0 Å². The maximum atomic E-state index is 4.54. The first kappa shape index (κ1) is 15.1. The third kappa shape index (κ3) is 4.10. The van der Waals surface area contributed by atoms with Crippen molar-refractivity contribution in [1.29, 1.82) is 0 Å². The summed E-state index contributed by atoms with van der Waals surface area (Å²) in [6.07, 6.45) is 14.2. The first-order valence-corrected chi connectivity index (χ1v) is 8.22. The molecule has 0 aliphatic heterocycles. The van der Waals surface area contributed by atoms with Gasteiger partial charge in [-0.25, -0.2) is 0 Å². The molecule has 0 radical (unpaired) electrons. The van der Waals surface area contributed by atoms with E-state index in [9.17, 15) is 0 Å². The van der Waals surface area contributed by atoms with Gasteiger partial charge in [0.15, 0.2) is 0 Å². The first-order valence-electron chi connectivity index (χ1n) is 8.22. The van der Waals surface area contributed by atoms with E-state index in [2.05, 4.69) is 32.0 Å². The minimum Gasteiger partial charge on any atom is -0.290 e. The molecule has 0 unspecified atom stereocenters. The van der Waals surface area contributed by atoms with E-state index in [0.29, 0.717) is 6.04 Å². The molecule has 4 nitrogen and oxygen atoms in total. The average molecular weight is 296 g/mol. The third-order valence-corrected chi connectivity index (χ3v) is 4.43. The van der Waals surface area contributed by atoms with Gasteiger partial charge in [0, 0.05) is 43.9 Å². The molecule has 116 valence electrons. The monoisotopic (exact) mass is 296 g/mol. The van der Waals surface area contributed by atoms with E-state index < -0.39 is 0 Å². The predicted molar refractivity (Wildman–Crippen MR) is 87.1 cm³/mol. The highest BCUT2D eigenvalue weighted by atomic mass is 15.2. The van der Waals surface area contributed by atoms with Crippen LogP contribution >= 0.6 is 0 Å². The Morgan fingerprint density at radius 1 is 1.00 bits per heavy atom. The van der Waals surface area contributed by atoms with Gasteiger partial charge in [0.05, 0.1) is 11.4 Å². The molecule has 0 spiro atoms. The van der Waals surface area contributed by atoms with E-state index in [-0.39, 0.29) is 0 Å². The largest absolute Gasteiger partial charge is 0.290 e. The van der Waals surface area contributed by atoms with Crippen molar-refractivity contribution >= 4 is 0 Å². The quantitative estimate of drug-likeness (QED) is 0.846. The SMILES string of the molecule is Cc1cnc(CN(Cc2ccncc2)C2CCCCC2)cn1. The number of hydrogen-bond acceptors (Lipinski definition) is 4. The summed E-state index contributed by atoms with van der Waals surface area (Å²) in [5.74, 6) is 0. The topological polar surface area (TPSA) is 41.9 Å². The van der Waals surface area contributed by atoms with E-state index in [0.717, 1.165) is 24.5 Å². The molecule has 1 fully saturated rings. The van der Waals surface area contributed by atoms with Gasteiger partial charge in [-0.05, 0) is 37.5 Å². The minimum atomic E-state index is 0.657. The van der Waals surface area contributed by atoms with Crippen LogP contribution in [0.2, 0.25) is 0 Å². The smallest absolute Gasteiger partial charge is 0.0727 e.